The van der Waals surface area contributed by atoms with Crippen molar-refractivity contribution in [3.63, 3.8) is 0 Å². The minimum atomic E-state index is -0.694. The lowest BCUT2D eigenvalue weighted by Crippen LogP contribution is -1.93. The summed E-state index contributed by atoms with van der Waals surface area (Å²) >= 11 is 1.09. The molecule has 0 N–H and O–H groups in total. The first-order valence-electron chi connectivity index (χ1n) is 5.73. The van der Waals surface area contributed by atoms with E-state index in [-0.39, 0.29) is 10.5 Å². The summed E-state index contributed by atoms with van der Waals surface area (Å²) in [7, 11) is 0. The van der Waals surface area contributed by atoms with E-state index in [1.54, 1.807) is 0 Å². The topological polar surface area (TPSA) is 17.1 Å². The molecule has 98 valence electrons. The van der Waals surface area contributed by atoms with Gasteiger partial charge < -0.3 is 0 Å². The number of benzene rings is 2. The Balaban J connectivity index is 2.21. The zero-order chi connectivity index (χ0) is 13.8. The van der Waals surface area contributed by atoms with Crippen LogP contribution in [0.4, 0.5) is 8.78 Å². The molecule has 0 fully saturated rings. The third-order valence-electron chi connectivity index (χ3n) is 2.79. The van der Waals surface area contributed by atoms with Crippen LogP contribution in [0.3, 0.4) is 0 Å². The molecule has 0 bridgehead atoms. The number of thioether (sulfide) groups is 1. The fourth-order valence-corrected chi connectivity index (χ4v) is 2.72. The van der Waals surface area contributed by atoms with E-state index in [9.17, 15) is 13.6 Å². The van der Waals surface area contributed by atoms with Crippen LogP contribution in [0, 0.1) is 18.6 Å². The highest BCUT2D eigenvalue weighted by atomic mass is 32.2. The number of halogens is 2. The maximum atomic E-state index is 13.7. The van der Waals surface area contributed by atoms with Crippen molar-refractivity contribution >= 4 is 18.0 Å². The molecule has 0 spiro atoms. The molecule has 1 nitrogen and oxygen atoms in total. The quantitative estimate of drug-likeness (QED) is 0.610. The number of aryl methyl sites for hydroxylation is 1. The Morgan fingerprint density at radius 2 is 1.79 bits per heavy atom. The van der Waals surface area contributed by atoms with Crippen molar-refractivity contribution in [2.45, 2.75) is 17.6 Å². The van der Waals surface area contributed by atoms with E-state index in [0.717, 1.165) is 35.0 Å². The Bertz CT molecular complexity index is 588. The smallest absolute Gasteiger partial charge is 0.150 e. The monoisotopic (exact) mass is 278 g/mol. The van der Waals surface area contributed by atoms with Crippen LogP contribution in [0.1, 0.15) is 21.5 Å². The van der Waals surface area contributed by atoms with E-state index in [2.05, 4.69) is 0 Å². The maximum Gasteiger partial charge on any atom is 0.150 e. The Labute approximate surface area is 114 Å². The van der Waals surface area contributed by atoms with Crippen molar-refractivity contribution in [1.29, 1.82) is 0 Å². The predicted molar refractivity (Wildman–Crippen MR) is 72.5 cm³/mol. The molecule has 0 atom stereocenters. The lowest BCUT2D eigenvalue weighted by Gasteiger charge is -2.07. The second-order valence-electron chi connectivity index (χ2n) is 4.15. The molecule has 0 saturated carbocycles. The van der Waals surface area contributed by atoms with E-state index >= 15 is 0 Å². The normalized spacial score (nSPS) is 10.5. The molecule has 0 aliphatic carbocycles. The summed E-state index contributed by atoms with van der Waals surface area (Å²) in [6.45, 7) is 1.96. The number of hydrogen-bond acceptors (Lipinski definition) is 2. The van der Waals surface area contributed by atoms with Gasteiger partial charge in [0.2, 0.25) is 0 Å². The van der Waals surface area contributed by atoms with Gasteiger partial charge in [0.05, 0.1) is 4.90 Å². The molecule has 0 aromatic heterocycles. The first kappa shape index (κ1) is 13.7. The van der Waals surface area contributed by atoms with E-state index < -0.39 is 11.6 Å². The van der Waals surface area contributed by atoms with Gasteiger partial charge in [0, 0.05) is 11.3 Å². The van der Waals surface area contributed by atoms with E-state index in [1.807, 2.05) is 31.2 Å². The molecule has 2 aromatic rings. The highest BCUT2D eigenvalue weighted by Gasteiger charge is 2.12. The zero-order valence-corrected chi connectivity index (χ0v) is 11.1. The molecule has 19 heavy (non-hydrogen) atoms. The molecule has 4 heteroatoms. The fraction of sp³-hybridized carbons (Fsp3) is 0.133. The average molecular weight is 278 g/mol. The van der Waals surface area contributed by atoms with Gasteiger partial charge in [-0.25, -0.2) is 8.78 Å². The molecule has 0 unspecified atom stereocenters. The zero-order valence-electron chi connectivity index (χ0n) is 10.3. The lowest BCUT2D eigenvalue weighted by atomic mass is 10.1. The van der Waals surface area contributed by atoms with Gasteiger partial charge in [-0.3, -0.25) is 4.79 Å². The van der Waals surface area contributed by atoms with Crippen molar-refractivity contribution in [1.82, 2.24) is 0 Å². The molecule has 0 aliphatic heterocycles. The van der Waals surface area contributed by atoms with E-state index in [0.29, 0.717) is 12.0 Å². The van der Waals surface area contributed by atoms with Crippen molar-refractivity contribution < 1.29 is 13.6 Å². The number of hydrogen-bond donors (Lipinski definition) is 0. The van der Waals surface area contributed by atoms with Crippen LogP contribution in [0.25, 0.3) is 0 Å². The van der Waals surface area contributed by atoms with Crippen molar-refractivity contribution in [2.75, 3.05) is 0 Å². The minimum absolute atomic E-state index is 0.00948. The Morgan fingerprint density at radius 1 is 1.16 bits per heavy atom. The lowest BCUT2D eigenvalue weighted by molar-refractivity contribution is 0.112. The van der Waals surface area contributed by atoms with Crippen molar-refractivity contribution in [3.8, 4) is 0 Å². The number of rotatable bonds is 4. The van der Waals surface area contributed by atoms with Gasteiger partial charge in [-0.15, -0.1) is 11.8 Å². The summed E-state index contributed by atoms with van der Waals surface area (Å²) in [4.78, 5) is 10.5. The minimum Gasteiger partial charge on any atom is -0.298 e. The molecule has 2 aromatic carbocycles. The number of carbonyl (C=O) groups excluding carboxylic acids is 1. The fourth-order valence-electron chi connectivity index (χ4n) is 1.71. The number of carbonyl (C=O) groups is 1. The number of aldehydes is 1. The Morgan fingerprint density at radius 3 is 2.37 bits per heavy atom. The summed E-state index contributed by atoms with van der Waals surface area (Å²) in [6, 6.07) is 9.80. The maximum absolute atomic E-state index is 13.7. The SMILES string of the molecule is Cc1ccccc1CSc1c(F)cc(C=O)cc1F. The Hall–Kier alpha value is -1.68. The summed E-state index contributed by atoms with van der Waals surface area (Å²) in [5.74, 6) is -0.901. The van der Waals surface area contributed by atoms with Gasteiger partial charge in [0.15, 0.2) is 0 Å². The highest BCUT2D eigenvalue weighted by molar-refractivity contribution is 7.98. The second kappa shape index (κ2) is 5.97. The van der Waals surface area contributed by atoms with Crippen LogP contribution in [0.15, 0.2) is 41.3 Å². The van der Waals surface area contributed by atoms with Gasteiger partial charge >= 0.3 is 0 Å². The largest absolute Gasteiger partial charge is 0.298 e. The van der Waals surface area contributed by atoms with Crippen LogP contribution in [0.2, 0.25) is 0 Å². The summed E-state index contributed by atoms with van der Waals surface area (Å²) < 4.78 is 27.4. The molecule has 0 saturated heterocycles. The molecule has 0 aliphatic rings. The molecule has 2 rings (SSSR count). The summed E-state index contributed by atoms with van der Waals surface area (Å²) in [6.07, 6.45) is 0.432. The third kappa shape index (κ3) is 3.20. The van der Waals surface area contributed by atoms with Gasteiger partial charge in [-0.2, -0.15) is 0 Å². The van der Waals surface area contributed by atoms with Gasteiger partial charge in [0.25, 0.3) is 0 Å². The molecule has 0 amide bonds. The summed E-state index contributed by atoms with van der Waals surface area (Å²) in [5.41, 5.74) is 2.13. The van der Waals surface area contributed by atoms with Crippen molar-refractivity contribution in [3.05, 3.63) is 64.7 Å². The van der Waals surface area contributed by atoms with Crippen LogP contribution < -0.4 is 0 Å². The van der Waals surface area contributed by atoms with E-state index in [4.69, 9.17) is 0 Å². The van der Waals surface area contributed by atoms with E-state index in [1.165, 1.54) is 0 Å². The Kier molecular flexibility index (Phi) is 4.32. The van der Waals surface area contributed by atoms with Crippen LogP contribution in [-0.2, 0) is 5.75 Å². The van der Waals surface area contributed by atoms with Crippen LogP contribution in [0.5, 0.6) is 0 Å². The van der Waals surface area contributed by atoms with Gasteiger partial charge in [0.1, 0.15) is 17.9 Å². The standard InChI is InChI=1S/C15H12F2OS/c1-10-4-2-3-5-12(10)9-19-15-13(16)6-11(8-18)7-14(15)17/h2-8H,9H2,1H3. The third-order valence-corrected chi connectivity index (χ3v) is 3.92. The van der Waals surface area contributed by atoms with Crippen LogP contribution >= 0.6 is 11.8 Å². The van der Waals surface area contributed by atoms with Crippen molar-refractivity contribution in [2.24, 2.45) is 0 Å². The first-order valence-corrected chi connectivity index (χ1v) is 6.72. The predicted octanol–water partition coefficient (Wildman–Crippen LogP) is 4.38. The second-order valence-corrected chi connectivity index (χ2v) is 5.13. The molecular weight excluding hydrogens is 266 g/mol. The highest BCUT2D eigenvalue weighted by Crippen LogP contribution is 2.29. The first-order chi connectivity index (χ1) is 9.11. The summed E-state index contributed by atoms with van der Waals surface area (Å²) in [5, 5.41) is 0. The molecule has 0 radical (unpaired) electrons. The van der Waals surface area contributed by atoms with Crippen LogP contribution in [-0.4, -0.2) is 6.29 Å². The molecule has 0 heterocycles. The van der Waals surface area contributed by atoms with Gasteiger partial charge in [-0.1, -0.05) is 24.3 Å². The average Bonchev–Trinajstić information content (AvgIpc) is 2.39. The van der Waals surface area contributed by atoms with Gasteiger partial charge in [-0.05, 0) is 30.2 Å². The molecular formula is C15H12F2OS.